The second-order valence-corrected chi connectivity index (χ2v) is 6.71. The van der Waals surface area contributed by atoms with Crippen molar-refractivity contribution in [2.75, 3.05) is 13.2 Å². The molecule has 0 aliphatic carbocycles. The molecule has 1 N–H and O–H groups in total. The molecule has 2 aromatic carbocycles. The van der Waals surface area contributed by atoms with Gasteiger partial charge in [0, 0.05) is 28.8 Å². The molecule has 1 atom stereocenters. The number of carbonyl (C=O) groups excluding carboxylic acids is 1. The summed E-state index contributed by atoms with van der Waals surface area (Å²) in [6, 6.07) is 12.4. The molecular formula is C19H19Cl2NO3. The smallest absolute Gasteiger partial charge is 0.255 e. The van der Waals surface area contributed by atoms with Crippen molar-refractivity contribution in [3.63, 3.8) is 0 Å². The summed E-state index contributed by atoms with van der Waals surface area (Å²) in [5, 5.41) is 4.02. The highest BCUT2D eigenvalue weighted by molar-refractivity contribution is 6.35. The Morgan fingerprint density at radius 3 is 2.84 bits per heavy atom. The molecule has 25 heavy (non-hydrogen) atoms. The minimum absolute atomic E-state index is 0.102. The molecule has 1 fully saturated rings. The minimum atomic E-state index is -0.173. The topological polar surface area (TPSA) is 47.6 Å². The highest BCUT2D eigenvalue weighted by Crippen LogP contribution is 2.24. The van der Waals surface area contributed by atoms with E-state index in [0.29, 0.717) is 27.9 Å². The molecule has 0 saturated carbocycles. The number of rotatable bonds is 6. The Kier molecular flexibility index (Phi) is 6.19. The summed E-state index contributed by atoms with van der Waals surface area (Å²) in [6.45, 7) is 1.53. The van der Waals surface area contributed by atoms with Crippen molar-refractivity contribution in [1.82, 2.24) is 5.32 Å². The molecule has 2 aromatic rings. The third kappa shape index (κ3) is 4.88. The van der Waals surface area contributed by atoms with Crippen LogP contribution in [0, 0.1) is 0 Å². The number of carbonyl (C=O) groups is 1. The molecular weight excluding hydrogens is 361 g/mol. The normalized spacial score (nSPS) is 16.6. The molecule has 1 unspecified atom stereocenters. The summed E-state index contributed by atoms with van der Waals surface area (Å²) in [5.41, 5.74) is 1.30. The Bertz CT molecular complexity index is 745. The van der Waals surface area contributed by atoms with Crippen molar-refractivity contribution < 1.29 is 14.3 Å². The van der Waals surface area contributed by atoms with Crippen molar-refractivity contribution in [3.8, 4) is 5.75 Å². The predicted octanol–water partition coefficient (Wildman–Crippen LogP) is 4.48. The summed E-state index contributed by atoms with van der Waals surface area (Å²) in [6.07, 6.45) is 2.13. The van der Waals surface area contributed by atoms with E-state index in [2.05, 4.69) is 5.32 Å². The fraction of sp³-hybridized carbons (Fsp3) is 0.316. The average Bonchev–Trinajstić information content (AvgIpc) is 3.13. The van der Waals surface area contributed by atoms with Crippen LogP contribution < -0.4 is 10.1 Å². The van der Waals surface area contributed by atoms with E-state index in [-0.39, 0.29) is 18.6 Å². The maximum atomic E-state index is 12.5. The van der Waals surface area contributed by atoms with Crippen LogP contribution in [0.1, 0.15) is 28.8 Å². The van der Waals surface area contributed by atoms with Crippen LogP contribution in [0.4, 0.5) is 0 Å². The Morgan fingerprint density at radius 2 is 2.08 bits per heavy atom. The van der Waals surface area contributed by atoms with Crippen LogP contribution >= 0.6 is 23.2 Å². The van der Waals surface area contributed by atoms with Crippen molar-refractivity contribution in [3.05, 3.63) is 63.6 Å². The van der Waals surface area contributed by atoms with Crippen molar-refractivity contribution in [2.24, 2.45) is 0 Å². The molecule has 3 rings (SSSR count). The molecule has 6 heteroatoms. The third-order valence-corrected chi connectivity index (χ3v) is 4.63. The molecule has 1 amide bonds. The summed E-state index contributed by atoms with van der Waals surface area (Å²) in [4.78, 5) is 12.5. The third-order valence-electron chi connectivity index (χ3n) is 4.04. The van der Waals surface area contributed by atoms with Gasteiger partial charge >= 0.3 is 0 Å². The van der Waals surface area contributed by atoms with E-state index in [1.807, 2.05) is 18.2 Å². The zero-order chi connectivity index (χ0) is 17.6. The van der Waals surface area contributed by atoms with E-state index in [1.165, 1.54) is 0 Å². The van der Waals surface area contributed by atoms with E-state index in [4.69, 9.17) is 32.7 Å². The number of benzene rings is 2. The lowest BCUT2D eigenvalue weighted by molar-refractivity contribution is 0.0854. The van der Waals surface area contributed by atoms with Crippen molar-refractivity contribution >= 4 is 29.1 Å². The molecule has 0 aromatic heterocycles. The zero-order valence-electron chi connectivity index (χ0n) is 13.6. The van der Waals surface area contributed by atoms with E-state index in [1.54, 1.807) is 24.3 Å². The van der Waals surface area contributed by atoms with E-state index in [9.17, 15) is 4.79 Å². The summed E-state index contributed by atoms with van der Waals surface area (Å²) in [7, 11) is 0. The molecule has 1 heterocycles. The number of ether oxygens (including phenoxy) is 2. The molecule has 4 nitrogen and oxygen atoms in total. The summed E-state index contributed by atoms with van der Waals surface area (Å²) >= 11 is 12.1. The van der Waals surface area contributed by atoms with Crippen LogP contribution in [0.15, 0.2) is 42.5 Å². The summed E-state index contributed by atoms with van der Waals surface area (Å²) in [5.74, 6) is 0.340. The van der Waals surface area contributed by atoms with Crippen LogP contribution in [0.25, 0.3) is 0 Å². The first-order chi connectivity index (χ1) is 12.1. The van der Waals surface area contributed by atoms with Gasteiger partial charge in [-0.05, 0) is 37.1 Å². The first-order valence-corrected chi connectivity index (χ1v) is 8.94. The van der Waals surface area contributed by atoms with Gasteiger partial charge in [0.05, 0.1) is 11.7 Å². The molecule has 0 radical (unpaired) electrons. The maximum absolute atomic E-state index is 12.5. The molecule has 1 saturated heterocycles. The first kappa shape index (κ1) is 18.1. The fourth-order valence-electron chi connectivity index (χ4n) is 2.68. The van der Waals surface area contributed by atoms with Crippen LogP contribution in [-0.2, 0) is 11.3 Å². The highest BCUT2D eigenvalue weighted by atomic mass is 35.5. The van der Waals surface area contributed by atoms with Gasteiger partial charge in [-0.2, -0.15) is 0 Å². The van der Waals surface area contributed by atoms with Gasteiger partial charge in [0.1, 0.15) is 12.4 Å². The molecule has 132 valence electrons. The molecule has 1 aliphatic heterocycles. The Hall–Kier alpha value is -1.75. The van der Waals surface area contributed by atoms with Gasteiger partial charge in [0.25, 0.3) is 5.91 Å². The number of hydrogen-bond donors (Lipinski definition) is 1. The molecule has 0 spiro atoms. The van der Waals surface area contributed by atoms with Gasteiger partial charge in [-0.25, -0.2) is 0 Å². The average molecular weight is 380 g/mol. The summed E-state index contributed by atoms with van der Waals surface area (Å²) < 4.78 is 11.3. The quantitative estimate of drug-likeness (QED) is 0.804. The zero-order valence-corrected chi connectivity index (χ0v) is 15.1. The standard InChI is InChI=1S/C19H19Cl2NO3/c20-14-8-7-13(17(21)10-14)12-25-18-6-2-1-5-16(18)19(23)22-11-15-4-3-9-24-15/h1-2,5-8,10,15H,3-4,9,11-12H2,(H,22,23). The Balaban J connectivity index is 1.64. The second-order valence-electron chi connectivity index (χ2n) is 5.87. The van der Waals surface area contributed by atoms with Gasteiger partial charge in [-0.1, -0.05) is 41.4 Å². The Morgan fingerprint density at radius 1 is 1.24 bits per heavy atom. The lowest BCUT2D eigenvalue weighted by Gasteiger charge is -2.14. The lowest BCUT2D eigenvalue weighted by Crippen LogP contribution is -2.32. The van der Waals surface area contributed by atoms with Crippen LogP contribution in [0.3, 0.4) is 0 Å². The van der Waals surface area contributed by atoms with Gasteiger partial charge in [-0.3, -0.25) is 4.79 Å². The number of nitrogens with one attached hydrogen (secondary N) is 1. The fourth-order valence-corrected chi connectivity index (χ4v) is 3.14. The van der Waals surface area contributed by atoms with Gasteiger partial charge in [0.15, 0.2) is 0 Å². The number of amides is 1. The highest BCUT2D eigenvalue weighted by Gasteiger charge is 2.18. The van der Waals surface area contributed by atoms with Gasteiger partial charge < -0.3 is 14.8 Å². The SMILES string of the molecule is O=C(NCC1CCCO1)c1ccccc1OCc1ccc(Cl)cc1Cl. The first-order valence-electron chi connectivity index (χ1n) is 8.19. The number of hydrogen-bond acceptors (Lipinski definition) is 3. The number of halogens is 2. The van der Waals surface area contributed by atoms with Crippen molar-refractivity contribution in [2.45, 2.75) is 25.6 Å². The molecule has 0 bridgehead atoms. The monoisotopic (exact) mass is 379 g/mol. The van der Waals surface area contributed by atoms with Crippen molar-refractivity contribution in [1.29, 1.82) is 0 Å². The van der Waals surface area contributed by atoms with Crippen LogP contribution in [-0.4, -0.2) is 25.2 Å². The van der Waals surface area contributed by atoms with Gasteiger partial charge in [0.2, 0.25) is 0 Å². The van der Waals surface area contributed by atoms with E-state index >= 15 is 0 Å². The lowest BCUT2D eigenvalue weighted by atomic mass is 10.1. The number of para-hydroxylation sites is 1. The predicted molar refractivity (Wildman–Crippen MR) is 98.5 cm³/mol. The second kappa shape index (κ2) is 8.56. The minimum Gasteiger partial charge on any atom is -0.488 e. The molecule has 1 aliphatic rings. The van der Waals surface area contributed by atoms with Gasteiger partial charge in [-0.15, -0.1) is 0 Å². The van der Waals surface area contributed by atoms with E-state index < -0.39 is 0 Å². The van der Waals surface area contributed by atoms with Crippen LogP contribution in [0.5, 0.6) is 5.75 Å². The maximum Gasteiger partial charge on any atom is 0.255 e. The van der Waals surface area contributed by atoms with E-state index in [0.717, 1.165) is 25.0 Å². The van der Waals surface area contributed by atoms with Crippen LogP contribution in [0.2, 0.25) is 10.0 Å². The largest absolute Gasteiger partial charge is 0.488 e. The Labute approximate surface area is 157 Å².